The summed E-state index contributed by atoms with van der Waals surface area (Å²) in [5.41, 5.74) is 7.02. The van der Waals surface area contributed by atoms with Gasteiger partial charge < -0.3 is 16.0 Å². The van der Waals surface area contributed by atoms with E-state index < -0.39 is 0 Å². The Labute approximate surface area is 101 Å². The summed E-state index contributed by atoms with van der Waals surface area (Å²) in [5, 5.41) is 10.9. The Hall–Kier alpha value is -2.30. The molecule has 0 radical (unpaired) electrons. The Kier molecular flexibility index (Phi) is 4.75. The minimum atomic E-state index is 0.549. The number of nitrogens with one attached hydrogen (secondary N) is 1. The van der Waals surface area contributed by atoms with E-state index in [1.807, 2.05) is 20.3 Å². The number of nitrogen functional groups attached to an aromatic ring is 1. The van der Waals surface area contributed by atoms with Gasteiger partial charge in [-0.25, -0.2) is 0 Å². The maximum Gasteiger partial charge on any atom is 0.147 e. The van der Waals surface area contributed by atoms with Crippen LogP contribution in [0.3, 0.4) is 0 Å². The van der Waals surface area contributed by atoms with Gasteiger partial charge in [0, 0.05) is 32.2 Å². The summed E-state index contributed by atoms with van der Waals surface area (Å²) in [6.07, 6.45) is 3.59. The van der Waals surface area contributed by atoms with Crippen LogP contribution >= 0.6 is 0 Å². The Morgan fingerprint density at radius 1 is 1.41 bits per heavy atom. The highest BCUT2D eigenvalue weighted by atomic mass is 15.3. The van der Waals surface area contributed by atoms with Crippen LogP contribution in [-0.4, -0.2) is 19.0 Å². The topological polar surface area (TPSA) is 66.0 Å². The second-order valence-electron chi connectivity index (χ2n) is 3.42. The van der Waals surface area contributed by atoms with E-state index in [4.69, 9.17) is 5.73 Å². The molecule has 5 heteroatoms. The second kappa shape index (κ2) is 6.32. The molecule has 0 saturated carbocycles. The van der Waals surface area contributed by atoms with Crippen LogP contribution in [0.1, 0.15) is 0 Å². The molecule has 0 atom stereocenters. The van der Waals surface area contributed by atoms with Gasteiger partial charge >= 0.3 is 0 Å². The molecule has 0 fully saturated rings. The van der Waals surface area contributed by atoms with E-state index in [-0.39, 0.29) is 0 Å². The summed E-state index contributed by atoms with van der Waals surface area (Å²) >= 11 is 0. The van der Waals surface area contributed by atoms with Crippen molar-refractivity contribution >= 4 is 11.4 Å². The van der Waals surface area contributed by atoms with Crippen molar-refractivity contribution in [2.24, 2.45) is 10.2 Å². The van der Waals surface area contributed by atoms with Crippen LogP contribution in [-0.2, 0) is 0 Å². The lowest BCUT2D eigenvalue weighted by Gasteiger charge is -2.11. The number of azo groups is 1. The van der Waals surface area contributed by atoms with Gasteiger partial charge in [0.25, 0.3) is 0 Å². The summed E-state index contributed by atoms with van der Waals surface area (Å²) in [7, 11) is 3.67. The van der Waals surface area contributed by atoms with Crippen LogP contribution in [0.5, 0.6) is 0 Å². The van der Waals surface area contributed by atoms with Crippen LogP contribution in [0, 0.1) is 0 Å². The largest absolute Gasteiger partial charge is 0.399 e. The highest BCUT2D eigenvalue weighted by molar-refractivity contribution is 5.47. The standard InChI is InChI=1S/C12H17N5/c1-10(17(3)9-8-14-2)15-16-12-6-4-11(13)5-7-12/h4-9,14H,1,13H2,2-3H3/b9-8-,16-15?. The quantitative estimate of drug-likeness (QED) is 0.604. The molecule has 5 nitrogen and oxygen atoms in total. The fourth-order valence-electron chi connectivity index (χ4n) is 0.999. The molecule has 90 valence electrons. The van der Waals surface area contributed by atoms with Gasteiger partial charge in [0.2, 0.25) is 0 Å². The molecule has 1 rings (SSSR count). The predicted octanol–water partition coefficient (Wildman–Crippen LogP) is 2.45. The van der Waals surface area contributed by atoms with E-state index in [0.29, 0.717) is 11.5 Å². The van der Waals surface area contributed by atoms with Crippen molar-refractivity contribution in [3.05, 3.63) is 49.1 Å². The minimum Gasteiger partial charge on any atom is -0.399 e. The van der Waals surface area contributed by atoms with Crippen LogP contribution in [0.25, 0.3) is 0 Å². The van der Waals surface area contributed by atoms with Crippen molar-refractivity contribution in [3.63, 3.8) is 0 Å². The van der Waals surface area contributed by atoms with Crippen molar-refractivity contribution in [2.45, 2.75) is 0 Å². The molecule has 1 aromatic rings. The fourth-order valence-corrected chi connectivity index (χ4v) is 0.999. The lowest BCUT2D eigenvalue weighted by molar-refractivity contribution is 0.553. The zero-order chi connectivity index (χ0) is 12.7. The maximum absolute atomic E-state index is 5.57. The van der Waals surface area contributed by atoms with Crippen molar-refractivity contribution in [1.82, 2.24) is 10.2 Å². The number of rotatable bonds is 5. The molecule has 17 heavy (non-hydrogen) atoms. The molecular formula is C12H17N5. The van der Waals surface area contributed by atoms with Gasteiger partial charge in [0.1, 0.15) is 5.82 Å². The first-order chi connectivity index (χ1) is 8.13. The first-order valence-electron chi connectivity index (χ1n) is 5.16. The number of benzene rings is 1. The SMILES string of the molecule is C=C(N=Nc1ccc(N)cc1)N(C)/C=C\NC. The molecule has 1 aromatic carbocycles. The van der Waals surface area contributed by atoms with Crippen LogP contribution in [0.4, 0.5) is 11.4 Å². The van der Waals surface area contributed by atoms with Gasteiger partial charge in [0.15, 0.2) is 0 Å². The van der Waals surface area contributed by atoms with E-state index in [2.05, 4.69) is 22.1 Å². The Morgan fingerprint density at radius 3 is 2.65 bits per heavy atom. The van der Waals surface area contributed by atoms with Gasteiger partial charge in [-0.3, -0.25) is 0 Å². The third kappa shape index (κ3) is 4.38. The zero-order valence-electron chi connectivity index (χ0n) is 10.1. The van der Waals surface area contributed by atoms with Gasteiger partial charge in [-0.05, 0) is 24.3 Å². The zero-order valence-corrected chi connectivity index (χ0v) is 10.1. The fraction of sp³-hybridized carbons (Fsp3) is 0.167. The third-order valence-corrected chi connectivity index (χ3v) is 2.05. The molecule has 0 unspecified atom stereocenters. The smallest absolute Gasteiger partial charge is 0.147 e. The molecule has 0 spiro atoms. The van der Waals surface area contributed by atoms with Crippen LogP contribution in [0.2, 0.25) is 0 Å². The molecule has 0 aliphatic rings. The lowest BCUT2D eigenvalue weighted by Crippen LogP contribution is -2.08. The summed E-state index contributed by atoms with van der Waals surface area (Å²) in [6, 6.07) is 7.16. The molecule has 0 heterocycles. The van der Waals surface area contributed by atoms with E-state index >= 15 is 0 Å². The highest BCUT2D eigenvalue weighted by Gasteiger charge is 1.95. The van der Waals surface area contributed by atoms with Crippen molar-refractivity contribution in [3.8, 4) is 0 Å². The van der Waals surface area contributed by atoms with Gasteiger partial charge in [0.05, 0.1) is 5.69 Å². The first kappa shape index (κ1) is 12.8. The normalized spacial score (nSPS) is 10.9. The Morgan fingerprint density at radius 2 is 2.06 bits per heavy atom. The predicted molar refractivity (Wildman–Crippen MR) is 70.5 cm³/mol. The first-order valence-corrected chi connectivity index (χ1v) is 5.16. The van der Waals surface area contributed by atoms with Gasteiger partial charge in [-0.1, -0.05) is 6.58 Å². The number of hydrogen-bond acceptors (Lipinski definition) is 5. The monoisotopic (exact) mass is 231 g/mol. The summed E-state index contributed by atoms with van der Waals surface area (Å²) < 4.78 is 0. The Balaban J connectivity index is 2.61. The average molecular weight is 231 g/mol. The second-order valence-corrected chi connectivity index (χ2v) is 3.42. The Bertz CT molecular complexity index is 419. The van der Waals surface area contributed by atoms with Gasteiger partial charge in [-0.15, -0.1) is 10.2 Å². The molecule has 0 bridgehead atoms. The summed E-state index contributed by atoms with van der Waals surface area (Å²) in [4.78, 5) is 1.76. The lowest BCUT2D eigenvalue weighted by atomic mass is 10.3. The van der Waals surface area contributed by atoms with E-state index in [0.717, 1.165) is 5.69 Å². The number of hydrogen-bond donors (Lipinski definition) is 2. The molecule has 0 aliphatic heterocycles. The molecule has 0 saturated heterocycles. The molecular weight excluding hydrogens is 214 g/mol. The highest BCUT2D eigenvalue weighted by Crippen LogP contribution is 2.15. The van der Waals surface area contributed by atoms with E-state index in [1.54, 1.807) is 35.4 Å². The third-order valence-electron chi connectivity index (χ3n) is 2.05. The van der Waals surface area contributed by atoms with Crippen LogP contribution in [0.15, 0.2) is 59.3 Å². The maximum atomic E-state index is 5.57. The van der Waals surface area contributed by atoms with E-state index in [9.17, 15) is 0 Å². The van der Waals surface area contributed by atoms with Crippen LogP contribution < -0.4 is 11.1 Å². The van der Waals surface area contributed by atoms with E-state index in [1.165, 1.54) is 0 Å². The number of anilines is 1. The average Bonchev–Trinajstić information content (AvgIpc) is 2.34. The van der Waals surface area contributed by atoms with Crippen molar-refractivity contribution in [1.29, 1.82) is 0 Å². The number of nitrogens with zero attached hydrogens (tertiary/aromatic N) is 3. The van der Waals surface area contributed by atoms with Gasteiger partial charge in [-0.2, -0.15) is 0 Å². The minimum absolute atomic E-state index is 0.549. The number of nitrogens with two attached hydrogens (primary N) is 1. The molecule has 3 N–H and O–H groups in total. The van der Waals surface area contributed by atoms with Crippen molar-refractivity contribution < 1.29 is 0 Å². The molecule has 0 aliphatic carbocycles. The summed E-state index contributed by atoms with van der Waals surface area (Å²) in [6.45, 7) is 3.80. The molecule has 0 aromatic heterocycles. The molecule has 0 amide bonds. The summed E-state index contributed by atoms with van der Waals surface area (Å²) in [5.74, 6) is 0.549. The van der Waals surface area contributed by atoms with Crippen molar-refractivity contribution in [2.75, 3.05) is 19.8 Å².